The van der Waals surface area contributed by atoms with Crippen molar-refractivity contribution < 1.29 is 4.74 Å². The number of benzene rings is 1. The lowest BCUT2D eigenvalue weighted by Crippen LogP contribution is -2.26. The highest BCUT2D eigenvalue weighted by Crippen LogP contribution is 2.12. The van der Waals surface area contributed by atoms with Gasteiger partial charge in [-0.3, -0.25) is 0 Å². The monoisotopic (exact) mass is 206 g/mol. The molecular formula is C12H18N2O. The van der Waals surface area contributed by atoms with Gasteiger partial charge in [0.25, 0.3) is 0 Å². The number of nitrogens with one attached hydrogen (secondary N) is 1. The lowest BCUT2D eigenvalue weighted by Gasteiger charge is -2.11. The molecule has 2 rings (SSSR count). The zero-order chi connectivity index (χ0) is 10.5. The lowest BCUT2D eigenvalue weighted by molar-refractivity contribution is 0.110. The topological polar surface area (TPSA) is 47.3 Å². The molecule has 0 aliphatic carbocycles. The molecule has 3 N–H and O–H groups in total. The van der Waals surface area contributed by atoms with Crippen LogP contribution in [0.4, 0.5) is 5.69 Å². The molecule has 82 valence electrons. The average molecular weight is 206 g/mol. The highest BCUT2D eigenvalue weighted by atomic mass is 16.5. The van der Waals surface area contributed by atoms with Crippen LogP contribution in [-0.4, -0.2) is 19.3 Å². The van der Waals surface area contributed by atoms with Crippen LogP contribution in [-0.2, 0) is 11.3 Å². The Labute approximate surface area is 90.6 Å². The Bertz CT molecular complexity index is 308. The summed E-state index contributed by atoms with van der Waals surface area (Å²) in [4.78, 5) is 0. The minimum Gasteiger partial charge on any atom is -0.398 e. The summed E-state index contributed by atoms with van der Waals surface area (Å²) < 4.78 is 5.53. The molecule has 1 unspecified atom stereocenters. The molecule has 0 spiro atoms. The van der Waals surface area contributed by atoms with Gasteiger partial charge in [-0.05, 0) is 24.5 Å². The van der Waals surface area contributed by atoms with Crippen molar-refractivity contribution in [3.63, 3.8) is 0 Å². The van der Waals surface area contributed by atoms with Crippen LogP contribution in [0.25, 0.3) is 0 Å². The fraction of sp³-hybridized carbons (Fsp3) is 0.500. The number of nitrogens with two attached hydrogens (primary N) is 1. The quantitative estimate of drug-likeness (QED) is 0.735. The molecule has 1 aromatic rings. The van der Waals surface area contributed by atoms with E-state index in [9.17, 15) is 0 Å². The minimum absolute atomic E-state index is 0.398. The Morgan fingerprint density at radius 2 is 2.27 bits per heavy atom. The molecule has 0 aromatic heterocycles. The molecule has 1 saturated heterocycles. The molecule has 1 atom stereocenters. The summed E-state index contributed by atoms with van der Waals surface area (Å²) >= 11 is 0. The number of para-hydroxylation sites is 1. The molecule has 3 nitrogen and oxygen atoms in total. The Morgan fingerprint density at radius 1 is 1.40 bits per heavy atom. The van der Waals surface area contributed by atoms with Gasteiger partial charge in [-0.15, -0.1) is 0 Å². The number of ether oxygens (including phenoxy) is 1. The molecule has 1 fully saturated rings. The van der Waals surface area contributed by atoms with Crippen molar-refractivity contribution in [3.05, 3.63) is 29.8 Å². The first-order valence-electron chi connectivity index (χ1n) is 5.52. The Hall–Kier alpha value is -1.06. The van der Waals surface area contributed by atoms with E-state index in [1.807, 2.05) is 18.2 Å². The number of anilines is 1. The van der Waals surface area contributed by atoms with Crippen molar-refractivity contribution in [1.82, 2.24) is 5.32 Å². The van der Waals surface area contributed by atoms with Crippen molar-refractivity contribution in [2.75, 3.05) is 18.9 Å². The van der Waals surface area contributed by atoms with Gasteiger partial charge in [-0.2, -0.15) is 0 Å². The van der Waals surface area contributed by atoms with Crippen LogP contribution in [0.1, 0.15) is 18.4 Å². The maximum atomic E-state index is 5.84. The van der Waals surface area contributed by atoms with E-state index in [0.29, 0.717) is 6.10 Å². The molecular weight excluding hydrogens is 188 g/mol. The van der Waals surface area contributed by atoms with Gasteiger partial charge in [0.05, 0.1) is 6.10 Å². The van der Waals surface area contributed by atoms with Crippen molar-refractivity contribution >= 4 is 5.69 Å². The van der Waals surface area contributed by atoms with Crippen molar-refractivity contribution in [1.29, 1.82) is 0 Å². The summed E-state index contributed by atoms with van der Waals surface area (Å²) in [5.74, 6) is 0. The molecule has 1 aromatic carbocycles. The zero-order valence-corrected chi connectivity index (χ0v) is 8.91. The van der Waals surface area contributed by atoms with Crippen LogP contribution in [0.5, 0.6) is 0 Å². The number of rotatable bonds is 4. The summed E-state index contributed by atoms with van der Waals surface area (Å²) in [6.45, 7) is 2.67. The first kappa shape index (κ1) is 10.5. The van der Waals surface area contributed by atoms with Crippen LogP contribution in [0.2, 0.25) is 0 Å². The molecule has 0 bridgehead atoms. The molecule has 15 heavy (non-hydrogen) atoms. The first-order valence-corrected chi connectivity index (χ1v) is 5.52. The number of hydrogen-bond acceptors (Lipinski definition) is 3. The molecule has 0 radical (unpaired) electrons. The molecule has 1 aliphatic heterocycles. The van der Waals surface area contributed by atoms with E-state index in [4.69, 9.17) is 10.5 Å². The number of nitrogen functional groups attached to an aromatic ring is 1. The van der Waals surface area contributed by atoms with Gasteiger partial charge >= 0.3 is 0 Å². The lowest BCUT2D eigenvalue weighted by atomic mass is 10.2. The third-order valence-electron chi connectivity index (χ3n) is 2.77. The summed E-state index contributed by atoms with van der Waals surface area (Å²) in [5, 5.41) is 3.38. The average Bonchev–Trinajstić information content (AvgIpc) is 2.74. The predicted octanol–water partition coefficient (Wildman–Crippen LogP) is 1.54. The van der Waals surface area contributed by atoms with Crippen molar-refractivity contribution in [3.8, 4) is 0 Å². The van der Waals surface area contributed by atoms with Gasteiger partial charge in [0.15, 0.2) is 0 Å². The minimum atomic E-state index is 0.398. The summed E-state index contributed by atoms with van der Waals surface area (Å²) in [7, 11) is 0. The van der Waals surface area contributed by atoms with Crippen molar-refractivity contribution in [2.45, 2.75) is 25.5 Å². The third kappa shape index (κ3) is 2.94. The molecule has 0 saturated carbocycles. The van der Waals surface area contributed by atoms with E-state index >= 15 is 0 Å². The fourth-order valence-corrected chi connectivity index (χ4v) is 1.87. The first-order chi connectivity index (χ1) is 7.36. The van der Waals surface area contributed by atoms with Gasteiger partial charge in [0.1, 0.15) is 0 Å². The van der Waals surface area contributed by atoms with Gasteiger partial charge in [0, 0.05) is 25.4 Å². The second kappa shape index (κ2) is 5.14. The Kier molecular flexibility index (Phi) is 3.59. The van der Waals surface area contributed by atoms with Crippen molar-refractivity contribution in [2.24, 2.45) is 0 Å². The Balaban J connectivity index is 1.75. The normalized spacial score (nSPS) is 20.7. The second-order valence-electron chi connectivity index (χ2n) is 3.96. The SMILES string of the molecule is Nc1ccccc1CNCC1CCCO1. The molecule has 1 heterocycles. The van der Waals surface area contributed by atoms with E-state index in [1.165, 1.54) is 12.8 Å². The predicted molar refractivity (Wildman–Crippen MR) is 61.5 cm³/mol. The smallest absolute Gasteiger partial charge is 0.0700 e. The highest BCUT2D eigenvalue weighted by Gasteiger charge is 2.14. The Morgan fingerprint density at radius 3 is 3.00 bits per heavy atom. The van der Waals surface area contributed by atoms with Gasteiger partial charge in [-0.25, -0.2) is 0 Å². The van der Waals surface area contributed by atoms with E-state index in [0.717, 1.165) is 30.9 Å². The summed E-state index contributed by atoms with van der Waals surface area (Å²) in [6, 6.07) is 7.96. The standard InChI is InChI=1S/C12H18N2O/c13-12-6-2-1-4-10(12)8-14-9-11-5-3-7-15-11/h1-2,4,6,11,14H,3,5,7-9,13H2. The van der Waals surface area contributed by atoms with Gasteiger partial charge < -0.3 is 15.8 Å². The zero-order valence-electron chi connectivity index (χ0n) is 8.91. The van der Waals surface area contributed by atoms with Crippen LogP contribution in [0.3, 0.4) is 0 Å². The third-order valence-corrected chi connectivity index (χ3v) is 2.77. The molecule has 1 aliphatic rings. The second-order valence-corrected chi connectivity index (χ2v) is 3.96. The van der Waals surface area contributed by atoms with Crippen LogP contribution in [0.15, 0.2) is 24.3 Å². The van der Waals surface area contributed by atoms with E-state index in [-0.39, 0.29) is 0 Å². The van der Waals surface area contributed by atoms with Crippen LogP contribution in [0, 0.1) is 0 Å². The highest BCUT2D eigenvalue weighted by molar-refractivity contribution is 5.46. The van der Waals surface area contributed by atoms with Gasteiger partial charge in [0.2, 0.25) is 0 Å². The van der Waals surface area contributed by atoms with E-state index in [2.05, 4.69) is 11.4 Å². The number of hydrogen-bond donors (Lipinski definition) is 2. The summed E-state index contributed by atoms with van der Waals surface area (Å²) in [6.07, 6.45) is 2.77. The van der Waals surface area contributed by atoms with Gasteiger partial charge in [-0.1, -0.05) is 18.2 Å². The fourth-order valence-electron chi connectivity index (χ4n) is 1.87. The van der Waals surface area contributed by atoms with E-state index < -0.39 is 0 Å². The molecule has 3 heteroatoms. The van der Waals surface area contributed by atoms with E-state index in [1.54, 1.807) is 0 Å². The maximum Gasteiger partial charge on any atom is 0.0700 e. The van der Waals surface area contributed by atoms with Crippen LogP contribution >= 0.6 is 0 Å². The largest absolute Gasteiger partial charge is 0.398 e. The molecule has 0 amide bonds. The summed E-state index contributed by atoms with van der Waals surface area (Å²) in [5.41, 5.74) is 7.86. The maximum absolute atomic E-state index is 5.84. The van der Waals surface area contributed by atoms with Crippen LogP contribution < -0.4 is 11.1 Å².